The topological polar surface area (TPSA) is 109 Å². The van der Waals surface area contributed by atoms with Crippen LogP contribution in [0.1, 0.15) is 19.3 Å². The number of aliphatic hydroxyl groups is 4. The molecule has 0 aromatic rings. The predicted molar refractivity (Wildman–Crippen MR) is 67.9 cm³/mol. The van der Waals surface area contributed by atoms with Gasteiger partial charge in [-0.05, 0) is 0 Å². The van der Waals surface area contributed by atoms with Crippen LogP contribution >= 0.6 is 0 Å². The highest BCUT2D eigenvalue weighted by Gasteiger charge is 2.33. The largest absolute Gasteiger partial charge is 0.394 e. The molecule has 7 heteroatoms. The van der Waals surface area contributed by atoms with Crippen LogP contribution in [-0.2, 0) is 14.2 Å². The molecular weight excluding hydrogens is 268 g/mol. The molecule has 2 heterocycles. The van der Waals surface area contributed by atoms with Crippen LogP contribution in [0.15, 0.2) is 0 Å². The molecule has 2 aliphatic rings. The van der Waals surface area contributed by atoms with E-state index in [1.165, 1.54) is 0 Å². The smallest absolute Gasteiger partial charge is 0.160 e. The average Bonchev–Trinajstić information content (AvgIpc) is 2.45. The summed E-state index contributed by atoms with van der Waals surface area (Å²) < 4.78 is 16.4. The molecule has 0 spiro atoms. The lowest BCUT2D eigenvalue weighted by Crippen LogP contribution is -2.43. The van der Waals surface area contributed by atoms with Gasteiger partial charge in [0.15, 0.2) is 6.29 Å². The SMILES string of the molecule is OCC1CC(O)C(CO[C@H]2C[C@@H](O)C[C@@H](CO)O2)CO1. The molecule has 0 saturated carbocycles. The van der Waals surface area contributed by atoms with E-state index < -0.39 is 24.6 Å². The van der Waals surface area contributed by atoms with Gasteiger partial charge in [-0.1, -0.05) is 0 Å². The van der Waals surface area contributed by atoms with Crippen LogP contribution in [0, 0.1) is 5.92 Å². The van der Waals surface area contributed by atoms with Crippen LogP contribution in [0.25, 0.3) is 0 Å². The first kappa shape index (κ1) is 16.1. The molecule has 2 saturated heterocycles. The summed E-state index contributed by atoms with van der Waals surface area (Å²) in [6, 6.07) is 0. The zero-order valence-electron chi connectivity index (χ0n) is 11.4. The number of rotatable bonds is 5. The molecule has 2 aliphatic heterocycles. The normalized spacial score (nSPS) is 42.6. The van der Waals surface area contributed by atoms with Crippen molar-refractivity contribution >= 4 is 0 Å². The summed E-state index contributed by atoms with van der Waals surface area (Å²) in [5, 5.41) is 37.7. The molecular formula is C13H24O7. The van der Waals surface area contributed by atoms with E-state index in [1.807, 2.05) is 0 Å². The van der Waals surface area contributed by atoms with Gasteiger partial charge in [0.05, 0.1) is 50.8 Å². The predicted octanol–water partition coefficient (Wildman–Crippen LogP) is -1.38. The quantitative estimate of drug-likeness (QED) is 0.494. The van der Waals surface area contributed by atoms with Gasteiger partial charge in [0.2, 0.25) is 0 Å². The number of ether oxygens (including phenoxy) is 3. The highest BCUT2D eigenvalue weighted by Crippen LogP contribution is 2.24. The molecule has 0 bridgehead atoms. The third-order valence-corrected chi connectivity index (χ3v) is 3.84. The van der Waals surface area contributed by atoms with E-state index in [9.17, 15) is 10.2 Å². The molecule has 20 heavy (non-hydrogen) atoms. The molecule has 6 atom stereocenters. The lowest BCUT2D eigenvalue weighted by molar-refractivity contribution is -0.234. The van der Waals surface area contributed by atoms with Gasteiger partial charge >= 0.3 is 0 Å². The van der Waals surface area contributed by atoms with Crippen LogP contribution < -0.4 is 0 Å². The van der Waals surface area contributed by atoms with Crippen molar-refractivity contribution in [3.8, 4) is 0 Å². The molecule has 0 aliphatic carbocycles. The van der Waals surface area contributed by atoms with Gasteiger partial charge in [-0.25, -0.2) is 0 Å². The molecule has 0 aromatic carbocycles. The monoisotopic (exact) mass is 292 g/mol. The average molecular weight is 292 g/mol. The second kappa shape index (κ2) is 7.65. The highest BCUT2D eigenvalue weighted by atomic mass is 16.7. The minimum atomic E-state index is -0.581. The van der Waals surface area contributed by atoms with Gasteiger partial charge in [0, 0.05) is 25.2 Å². The van der Waals surface area contributed by atoms with Crippen molar-refractivity contribution in [2.24, 2.45) is 5.92 Å². The van der Waals surface area contributed by atoms with Crippen LogP contribution in [-0.4, -0.2) is 77.6 Å². The fraction of sp³-hybridized carbons (Fsp3) is 1.00. The van der Waals surface area contributed by atoms with E-state index in [4.69, 9.17) is 24.4 Å². The van der Waals surface area contributed by atoms with Crippen LogP contribution in [0.5, 0.6) is 0 Å². The summed E-state index contributed by atoms with van der Waals surface area (Å²) in [6.07, 6.45) is -1.26. The Bertz CT molecular complexity index is 288. The summed E-state index contributed by atoms with van der Waals surface area (Å²) in [5.41, 5.74) is 0. The maximum Gasteiger partial charge on any atom is 0.160 e. The van der Waals surface area contributed by atoms with E-state index in [0.717, 1.165) is 0 Å². The van der Waals surface area contributed by atoms with Crippen LogP contribution in [0.4, 0.5) is 0 Å². The Balaban J connectivity index is 1.74. The van der Waals surface area contributed by atoms with Crippen molar-refractivity contribution in [2.45, 2.75) is 50.0 Å². The minimum absolute atomic E-state index is 0.0965. The van der Waals surface area contributed by atoms with E-state index in [-0.39, 0.29) is 31.8 Å². The molecule has 2 rings (SSSR count). The molecule has 7 nitrogen and oxygen atoms in total. The van der Waals surface area contributed by atoms with E-state index in [2.05, 4.69) is 0 Å². The Labute approximate surface area is 118 Å². The first-order valence-corrected chi connectivity index (χ1v) is 7.08. The molecule has 0 radical (unpaired) electrons. The van der Waals surface area contributed by atoms with Crippen LogP contribution in [0.3, 0.4) is 0 Å². The summed E-state index contributed by atoms with van der Waals surface area (Å²) in [4.78, 5) is 0. The fourth-order valence-electron chi connectivity index (χ4n) is 2.59. The van der Waals surface area contributed by atoms with Crippen molar-refractivity contribution in [3.05, 3.63) is 0 Å². The summed E-state index contributed by atoms with van der Waals surface area (Å²) in [7, 11) is 0. The Morgan fingerprint density at radius 3 is 2.40 bits per heavy atom. The molecule has 2 fully saturated rings. The van der Waals surface area contributed by atoms with Gasteiger partial charge in [-0.3, -0.25) is 0 Å². The van der Waals surface area contributed by atoms with Crippen molar-refractivity contribution in [1.29, 1.82) is 0 Å². The van der Waals surface area contributed by atoms with Gasteiger partial charge in [0.1, 0.15) is 0 Å². The summed E-state index contributed by atoms with van der Waals surface area (Å²) in [5.74, 6) is -0.173. The van der Waals surface area contributed by atoms with E-state index in [1.54, 1.807) is 0 Å². The van der Waals surface area contributed by atoms with Crippen molar-refractivity contribution < 1.29 is 34.6 Å². The highest BCUT2D eigenvalue weighted by molar-refractivity contribution is 4.79. The number of hydrogen-bond acceptors (Lipinski definition) is 7. The van der Waals surface area contributed by atoms with E-state index in [0.29, 0.717) is 25.9 Å². The molecule has 118 valence electrons. The minimum Gasteiger partial charge on any atom is -0.394 e. The molecule has 3 unspecified atom stereocenters. The lowest BCUT2D eigenvalue weighted by Gasteiger charge is -2.35. The Hall–Kier alpha value is -0.280. The Morgan fingerprint density at radius 1 is 1.00 bits per heavy atom. The molecule has 0 amide bonds. The second-order valence-corrected chi connectivity index (χ2v) is 5.53. The van der Waals surface area contributed by atoms with Crippen molar-refractivity contribution in [1.82, 2.24) is 0 Å². The van der Waals surface area contributed by atoms with Gasteiger partial charge < -0.3 is 34.6 Å². The number of hydrogen-bond donors (Lipinski definition) is 4. The van der Waals surface area contributed by atoms with Gasteiger partial charge in [-0.15, -0.1) is 0 Å². The third-order valence-electron chi connectivity index (χ3n) is 3.84. The first-order chi connectivity index (χ1) is 9.62. The Morgan fingerprint density at radius 2 is 1.75 bits per heavy atom. The van der Waals surface area contributed by atoms with Crippen molar-refractivity contribution in [3.63, 3.8) is 0 Å². The standard InChI is InChI=1S/C13H24O7/c14-4-10-3-12(17)8(6-18-10)7-19-13-2-9(16)1-11(5-15)20-13/h8-17H,1-7H2/t8?,9-,10?,11-,12?,13+/m0/s1. The maximum absolute atomic E-state index is 9.95. The molecule has 4 N–H and O–H groups in total. The van der Waals surface area contributed by atoms with Gasteiger partial charge in [0.25, 0.3) is 0 Å². The van der Waals surface area contributed by atoms with E-state index >= 15 is 0 Å². The lowest BCUT2D eigenvalue weighted by atomic mass is 9.96. The van der Waals surface area contributed by atoms with Gasteiger partial charge in [-0.2, -0.15) is 0 Å². The Kier molecular flexibility index (Phi) is 6.16. The first-order valence-electron chi connectivity index (χ1n) is 7.08. The number of aliphatic hydroxyl groups excluding tert-OH is 4. The van der Waals surface area contributed by atoms with Crippen molar-refractivity contribution in [2.75, 3.05) is 26.4 Å². The second-order valence-electron chi connectivity index (χ2n) is 5.53. The molecule has 0 aromatic heterocycles. The maximum atomic E-state index is 9.95. The fourth-order valence-corrected chi connectivity index (χ4v) is 2.59. The summed E-state index contributed by atoms with van der Waals surface area (Å²) in [6.45, 7) is 0.338. The third kappa shape index (κ3) is 4.36. The zero-order chi connectivity index (χ0) is 14.5. The summed E-state index contributed by atoms with van der Waals surface area (Å²) >= 11 is 0. The zero-order valence-corrected chi connectivity index (χ0v) is 11.4. The van der Waals surface area contributed by atoms with Crippen LogP contribution in [0.2, 0.25) is 0 Å².